The highest BCUT2D eigenvalue weighted by Crippen LogP contribution is 2.38. The van der Waals surface area contributed by atoms with Crippen LogP contribution in [0.4, 0.5) is 0 Å². The molecule has 0 fully saturated rings. The third-order valence-corrected chi connectivity index (χ3v) is 5.37. The molecule has 0 N–H and O–H groups in total. The maximum Gasteiger partial charge on any atom is 0.0490 e. The normalized spacial score (nSPS) is 10.4. The minimum absolute atomic E-state index is 0.820. The Kier molecular flexibility index (Phi) is 4.53. The summed E-state index contributed by atoms with van der Waals surface area (Å²) in [4.78, 5) is 0. The fraction of sp³-hybridized carbons (Fsp3) is 0. The van der Waals surface area contributed by atoms with Gasteiger partial charge in [-0.05, 0) is 45.3 Å². The van der Waals surface area contributed by atoms with E-state index in [1.807, 2.05) is 36.4 Å². The SMILES string of the molecule is C#Cc1cc2ccccc2c(-c2cccc3ccccc23)c1C#Cc1ccccc1. The molecule has 0 saturated heterocycles. The van der Waals surface area contributed by atoms with Gasteiger partial charge in [0.1, 0.15) is 0 Å². The number of benzene rings is 5. The van der Waals surface area contributed by atoms with Crippen molar-refractivity contribution in [2.45, 2.75) is 0 Å². The van der Waals surface area contributed by atoms with Gasteiger partial charge in [0.15, 0.2) is 0 Å². The second-order valence-corrected chi connectivity index (χ2v) is 7.18. The molecule has 0 aliphatic heterocycles. The van der Waals surface area contributed by atoms with Gasteiger partial charge in [0.05, 0.1) is 0 Å². The lowest BCUT2D eigenvalue weighted by atomic mass is 9.87. The van der Waals surface area contributed by atoms with E-state index < -0.39 is 0 Å². The molecule has 5 rings (SSSR count). The van der Waals surface area contributed by atoms with Crippen LogP contribution in [0.2, 0.25) is 0 Å². The number of hydrogen-bond acceptors (Lipinski definition) is 0. The summed E-state index contributed by atoms with van der Waals surface area (Å²) in [7, 11) is 0. The molecule has 0 atom stereocenters. The van der Waals surface area contributed by atoms with Gasteiger partial charge in [0.25, 0.3) is 0 Å². The lowest BCUT2D eigenvalue weighted by Crippen LogP contribution is -1.94. The number of terminal acetylenes is 1. The van der Waals surface area contributed by atoms with Crippen LogP contribution in [0.3, 0.4) is 0 Å². The predicted octanol–water partition coefficient (Wildman–Crippen LogP) is 7.04. The van der Waals surface area contributed by atoms with Crippen LogP contribution in [0.1, 0.15) is 16.7 Å². The van der Waals surface area contributed by atoms with Gasteiger partial charge >= 0.3 is 0 Å². The standard InChI is InChI=1S/C30H18/c1-2-23-21-25-14-7-9-17-27(25)30(28(23)20-19-22-11-4-3-5-12-22)29-18-10-15-24-13-6-8-16-26(24)29/h1,3-18,21H. The highest BCUT2D eigenvalue weighted by atomic mass is 14.2. The first-order valence-electron chi connectivity index (χ1n) is 9.93. The molecule has 0 heterocycles. The summed E-state index contributed by atoms with van der Waals surface area (Å²) in [5, 5.41) is 4.68. The molecule has 0 aliphatic rings. The summed E-state index contributed by atoms with van der Waals surface area (Å²) in [5.41, 5.74) is 4.94. The van der Waals surface area contributed by atoms with E-state index in [1.165, 1.54) is 10.8 Å². The molecule has 0 spiro atoms. The summed E-state index contributed by atoms with van der Waals surface area (Å²) in [5.74, 6) is 9.60. The zero-order valence-electron chi connectivity index (χ0n) is 16.4. The van der Waals surface area contributed by atoms with Crippen LogP contribution in [0.25, 0.3) is 32.7 Å². The average molecular weight is 378 g/mol. The van der Waals surface area contributed by atoms with Crippen molar-refractivity contribution >= 4 is 21.5 Å². The molecule has 0 amide bonds. The number of rotatable bonds is 1. The Hall–Kier alpha value is -4.26. The van der Waals surface area contributed by atoms with Gasteiger partial charge in [-0.2, -0.15) is 0 Å². The average Bonchev–Trinajstić information content (AvgIpc) is 2.82. The quantitative estimate of drug-likeness (QED) is 0.274. The van der Waals surface area contributed by atoms with Crippen LogP contribution in [0.5, 0.6) is 0 Å². The van der Waals surface area contributed by atoms with Crippen molar-refractivity contribution in [1.29, 1.82) is 0 Å². The third kappa shape index (κ3) is 3.12. The van der Waals surface area contributed by atoms with Crippen molar-refractivity contribution in [3.63, 3.8) is 0 Å². The summed E-state index contributed by atoms with van der Waals surface area (Å²) < 4.78 is 0. The fourth-order valence-electron chi connectivity index (χ4n) is 3.97. The van der Waals surface area contributed by atoms with Crippen molar-refractivity contribution in [1.82, 2.24) is 0 Å². The Labute approximate surface area is 176 Å². The lowest BCUT2D eigenvalue weighted by Gasteiger charge is -2.15. The Morgan fingerprint density at radius 3 is 2.03 bits per heavy atom. The van der Waals surface area contributed by atoms with Crippen LogP contribution in [0.15, 0.2) is 103 Å². The van der Waals surface area contributed by atoms with Crippen LogP contribution in [0, 0.1) is 24.2 Å². The molecule has 138 valence electrons. The topological polar surface area (TPSA) is 0 Å². The van der Waals surface area contributed by atoms with Crippen LogP contribution in [-0.2, 0) is 0 Å². The molecule has 0 saturated carbocycles. The molecule has 5 aromatic carbocycles. The van der Waals surface area contributed by atoms with E-state index in [2.05, 4.69) is 84.5 Å². The van der Waals surface area contributed by atoms with Gasteiger partial charge in [-0.3, -0.25) is 0 Å². The first-order valence-corrected chi connectivity index (χ1v) is 9.93. The minimum Gasteiger partial charge on any atom is -0.115 e. The van der Waals surface area contributed by atoms with Crippen LogP contribution < -0.4 is 0 Å². The van der Waals surface area contributed by atoms with Gasteiger partial charge in [-0.25, -0.2) is 0 Å². The summed E-state index contributed by atoms with van der Waals surface area (Å²) in [6, 6.07) is 35.3. The summed E-state index contributed by atoms with van der Waals surface area (Å²) in [6.07, 6.45) is 5.95. The smallest absolute Gasteiger partial charge is 0.0490 e. The number of fused-ring (bicyclic) bond motifs is 2. The van der Waals surface area contributed by atoms with Crippen molar-refractivity contribution in [3.05, 3.63) is 120 Å². The van der Waals surface area contributed by atoms with E-state index in [-0.39, 0.29) is 0 Å². The highest BCUT2D eigenvalue weighted by Gasteiger charge is 2.15. The Bertz CT molecular complexity index is 1480. The third-order valence-electron chi connectivity index (χ3n) is 5.37. The Morgan fingerprint density at radius 2 is 1.23 bits per heavy atom. The molecule has 0 bridgehead atoms. The largest absolute Gasteiger partial charge is 0.115 e. The number of hydrogen-bond donors (Lipinski definition) is 0. The molecule has 0 radical (unpaired) electrons. The second-order valence-electron chi connectivity index (χ2n) is 7.18. The maximum absolute atomic E-state index is 5.95. The lowest BCUT2D eigenvalue weighted by molar-refractivity contribution is 1.60. The minimum atomic E-state index is 0.820. The van der Waals surface area contributed by atoms with Crippen molar-refractivity contribution in [2.24, 2.45) is 0 Å². The van der Waals surface area contributed by atoms with Gasteiger partial charge in [0.2, 0.25) is 0 Å². The molecular weight excluding hydrogens is 360 g/mol. The summed E-state index contributed by atoms with van der Waals surface area (Å²) >= 11 is 0. The van der Waals surface area contributed by atoms with Crippen molar-refractivity contribution in [2.75, 3.05) is 0 Å². The maximum atomic E-state index is 5.95. The molecule has 0 heteroatoms. The monoisotopic (exact) mass is 378 g/mol. The van der Waals surface area contributed by atoms with Crippen molar-refractivity contribution in [3.8, 4) is 35.3 Å². The van der Waals surface area contributed by atoms with Crippen molar-refractivity contribution < 1.29 is 0 Å². The second kappa shape index (κ2) is 7.63. The van der Waals surface area contributed by atoms with E-state index in [0.29, 0.717) is 0 Å². The highest BCUT2D eigenvalue weighted by molar-refractivity contribution is 6.08. The zero-order chi connectivity index (χ0) is 20.3. The molecular formula is C30H18. The predicted molar refractivity (Wildman–Crippen MR) is 127 cm³/mol. The molecule has 0 aromatic heterocycles. The summed E-state index contributed by atoms with van der Waals surface area (Å²) in [6.45, 7) is 0. The molecule has 0 aliphatic carbocycles. The molecule has 5 aromatic rings. The zero-order valence-corrected chi connectivity index (χ0v) is 16.4. The first-order chi connectivity index (χ1) is 14.8. The molecule has 30 heavy (non-hydrogen) atoms. The van der Waals surface area contributed by atoms with E-state index in [4.69, 9.17) is 6.42 Å². The Morgan fingerprint density at radius 1 is 0.567 bits per heavy atom. The van der Waals surface area contributed by atoms with E-state index in [9.17, 15) is 0 Å². The van der Waals surface area contributed by atoms with Gasteiger partial charge in [0, 0.05) is 22.3 Å². The van der Waals surface area contributed by atoms with Gasteiger partial charge < -0.3 is 0 Å². The first kappa shape index (κ1) is 17.8. The van der Waals surface area contributed by atoms with Gasteiger partial charge in [-0.1, -0.05) is 103 Å². The Balaban J connectivity index is 1.90. The van der Waals surface area contributed by atoms with Crippen LogP contribution in [-0.4, -0.2) is 0 Å². The van der Waals surface area contributed by atoms with E-state index >= 15 is 0 Å². The van der Waals surface area contributed by atoms with Crippen LogP contribution >= 0.6 is 0 Å². The fourth-order valence-corrected chi connectivity index (χ4v) is 3.97. The molecule has 0 nitrogen and oxygen atoms in total. The van der Waals surface area contributed by atoms with E-state index in [0.717, 1.165) is 38.6 Å². The van der Waals surface area contributed by atoms with E-state index in [1.54, 1.807) is 0 Å². The van der Waals surface area contributed by atoms with Gasteiger partial charge in [-0.15, -0.1) is 6.42 Å². The molecule has 0 unspecified atom stereocenters.